The summed E-state index contributed by atoms with van der Waals surface area (Å²) < 4.78 is 5.65. The van der Waals surface area contributed by atoms with Crippen LogP contribution in [-0.2, 0) is 0 Å². The third-order valence-corrected chi connectivity index (χ3v) is 3.18. The highest BCUT2D eigenvalue weighted by Gasteiger charge is 2.10. The lowest BCUT2D eigenvalue weighted by atomic mass is 10.0. The van der Waals surface area contributed by atoms with Crippen molar-refractivity contribution in [3.63, 3.8) is 0 Å². The lowest BCUT2D eigenvalue weighted by Crippen LogP contribution is -1.93. The van der Waals surface area contributed by atoms with Crippen LogP contribution in [0.1, 0.15) is 23.0 Å². The summed E-state index contributed by atoms with van der Waals surface area (Å²) in [4.78, 5) is 0. The SMILES string of the molecule is N#CC(C#N)c1ccc(Oc2ccc(C(C#N)C#N)cc2)cc1. The zero-order chi connectivity index (χ0) is 16.7. The predicted octanol–water partition coefficient (Wildman–Crippen LogP) is 3.74. The Hall–Kier alpha value is -3.80. The highest BCUT2D eigenvalue weighted by Crippen LogP contribution is 2.25. The van der Waals surface area contributed by atoms with E-state index in [-0.39, 0.29) is 0 Å². The molecule has 0 atom stereocenters. The van der Waals surface area contributed by atoms with Crippen molar-refractivity contribution in [2.45, 2.75) is 11.8 Å². The number of hydrogen-bond donors (Lipinski definition) is 0. The maximum absolute atomic E-state index is 8.85. The van der Waals surface area contributed by atoms with E-state index in [1.807, 2.05) is 24.3 Å². The van der Waals surface area contributed by atoms with Gasteiger partial charge in [0.15, 0.2) is 11.8 Å². The Morgan fingerprint density at radius 2 is 0.870 bits per heavy atom. The smallest absolute Gasteiger partial charge is 0.158 e. The molecule has 0 fully saturated rings. The fourth-order valence-corrected chi connectivity index (χ4v) is 1.95. The predicted molar refractivity (Wildman–Crippen MR) is 80.9 cm³/mol. The Bertz CT molecular complexity index is 741. The van der Waals surface area contributed by atoms with Crippen LogP contribution < -0.4 is 4.74 Å². The minimum Gasteiger partial charge on any atom is -0.457 e. The first kappa shape index (κ1) is 15.6. The van der Waals surface area contributed by atoms with E-state index in [1.165, 1.54) is 0 Å². The van der Waals surface area contributed by atoms with Crippen LogP contribution in [0, 0.1) is 45.3 Å². The third-order valence-electron chi connectivity index (χ3n) is 3.18. The molecule has 5 heteroatoms. The van der Waals surface area contributed by atoms with E-state index in [0.29, 0.717) is 22.6 Å². The zero-order valence-corrected chi connectivity index (χ0v) is 12.0. The first-order chi connectivity index (χ1) is 11.2. The van der Waals surface area contributed by atoms with Gasteiger partial charge in [-0.05, 0) is 35.4 Å². The lowest BCUT2D eigenvalue weighted by molar-refractivity contribution is 0.482. The summed E-state index contributed by atoms with van der Waals surface area (Å²) in [5.74, 6) is -0.462. The quantitative estimate of drug-likeness (QED) is 0.854. The molecule has 0 bridgehead atoms. The molecule has 5 nitrogen and oxygen atoms in total. The summed E-state index contributed by atoms with van der Waals surface area (Å²) in [5, 5.41) is 35.4. The molecule has 0 aliphatic carbocycles. The topological polar surface area (TPSA) is 104 Å². The highest BCUT2D eigenvalue weighted by atomic mass is 16.5. The van der Waals surface area contributed by atoms with Gasteiger partial charge < -0.3 is 4.74 Å². The summed E-state index contributed by atoms with van der Waals surface area (Å²) in [6.07, 6.45) is 0. The third kappa shape index (κ3) is 3.64. The molecule has 2 rings (SSSR count). The van der Waals surface area contributed by atoms with E-state index in [9.17, 15) is 0 Å². The van der Waals surface area contributed by atoms with E-state index >= 15 is 0 Å². The van der Waals surface area contributed by atoms with Crippen molar-refractivity contribution >= 4 is 0 Å². The highest BCUT2D eigenvalue weighted by molar-refractivity contribution is 5.40. The molecule has 0 aromatic heterocycles. The van der Waals surface area contributed by atoms with Gasteiger partial charge in [0.2, 0.25) is 0 Å². The number of nitriles is 4. The molecule has 0 unspecified atom stereocenters. The van der Waals surface area contributed by atoms with E-state index < -0.39 is 11.8 Å². The number of benzene rings is 2. The fraction of sp³-hybridized carbons (Fsp3) is 0.111. The Morgan fingerprint density at radius 3 is 1.13 bits per heavy atom. The van der Waals surface area contributed by atoms with Gasteiger partial charge >= 0.3 is 0 Å². The molecule has 0 saturated heterocycles. The summed E-state index contributed by atoms with van der Waals surface area (Å²) >= 11 is 0. The summed E-state index contributed by atoms with van der Waals surface area (Å²) in [6, 6.07) is 21.0. The number of hydrogen-bond acceptors (Lipinski definition) is 5. The zero-order valence-electron chi connectivity index (χ0n) is 12.0. The number of ether oxygens (including phenoxy) is 1. The van der Waals surface area contributed by atoms with Crippen LogP contribution in [-0.4, -0.2) is 0 Å². The van der Waals surface area contributed by atoms with E-state index in [2.05, 4.69) is 0 Å². The monoisotopic (exact) mass is 298 g/mol. The van der Waals surface area contributed by atoms with Crippen molar-refractivity contribution in [1.29, 1.82) is 21.0 Å². The Kier molecular flexibility index (Phi) is 4.93. The van der Waals surface area contributed by atoms with Crippen molar-refractivity contribution < 1.29 is 4.74 Å². The Labute approximate surface area is 133 Å². The molecule has 0 radical (unpaired) electrons. The second-order valence-electron chi connectivity index (χ2n) is 4.62. The van der Waals surface area contributed by atoms with Gasteiger partial charge in [0.1, 0.15) is 11.5 Å². The van der Waals surface area contributed by atoms with Crippen LogP contribution in [0.25, 0.3) is 0 Å². The largest absolute Gasteiger partial charge is 0.457 e. The first-order valence-electron chi connectivity index (χ1n) is 6.68. The van der Waals surface area contributed by atoms with Crippen molar-refractivity contribution in [1.82, 2.24) is 0 Å². The number of rotatable bonds is 4. The molecule has 0 amide bonds. The Morgan fingerprint density at radius 1 is 0.565 bits per heavy atom. The van der Waals surface area contributed by atoms with Crippen LogP contribution in [0.4, 0.5) is 0 Å². The first-order valence-corrected chi connectivity index (χ1v) is 6.68. The lowest BCUT2D eigenvalue weighted by Gasteiger charge is -2.08. The van der Waals surface area contributed by atoms with Crippen LogP contribution in [0.15, 0.2) is 48.5 Å². The molecule has 0 aliphatic heterocycles. The number of nitrogens with zero attached hydrogens (tertiary/aromatic N) is 4. The van der Waals surface area contributed by atoms with Gasteiger partial charge in [0.05, 0.1) is 24.3 Å². The Balaban J connectivity index is 2.12. The van der Waals surface area contributed by atoms with Crippen molar-refractivity contribution in [3.8, 4) is 35.8 Å². The van der Waals surface area contributed by atoms with Gasteiger partial charge in [-0.2, -0.15) is 21.0 Å². The van der Waals surface area contributed by atoms with Gasteiger partial charge in [-0.1, -0.05) is 24.3 Å². The van der Waals surface area contributed by atoms with Crippen molar-refractivity contribution in [2.75, 3.05) is 0 Å². The molecule has 0 saturated carbocycles. The molecular formula is C18H10N4O. The van der Waals surface area contributed by atoms with Gasteiger partial charge in [-0.25, -0.2) is 0 Å². The summed E-state index contributed by atoms with van der Waals surface area (Å²) in [5.41, 5.74) is 1.23. The van der Waals surface area contributed by atoms with Gasteiger partial charge in [-0.15, -0.1) is 0 Å². The average molecular weight is 298 g/mol. The maximum atomic E-state index is 8.85. The van der Waals surface area contributed by atoms with E-state index in [0.717, 1.165) is 0 Å². The summed E-state index contributed by atoms with van der Waals surface area (Å²) in [6.45, 7) is 0. The van der Waals surface area contributed by atoms with Gasteiger partial charge in [0, 0.05) is 0 Å². The minimum absolute atomic E-state index is 0.563. The molecular weight excluding hydrogens is 288 g/mol. The minimum atomic E-state index is -0.794. The molecule has 0 spiro atoms. The van der Waals surface area contributed by atoms with E-state index in [4.69, 9.17) is 25.8 Å². The van der Waals surface area contributed by atoms with Crippen LogP contribution >= 0.6 is 0 Å². The second-order valence-corrected chi connectivity index (χ2v) is 4.62. The maximum Gasteiger partial charge on any atom is 0.158 e. The van der Waals surface area contributed by atoms with Crippen molar-refractivity contribution in [3.05, 3.63) is 59.7 Å². The molecule has 108 valence electrons. The fourth-order valence-electron chi connectivity index (χ4n) is 1.95. The van der Waals surface area contributed by atoms with Crippen LogP contribution in [0.3, 0.4) is 0 Å². The molecule has 0 heterocycles. The van der Waals surface area contributed by atoms with E-state index in [1.54, 1.807) is 48.5 Å². The van der Waals surface area contributed by atoms with Crippen molar-refractivity contribution in [2.24, 2.45) is 0 Å². The second kappa shape index (κ2) is 7.28. The van der Waals surface area contributed by atoms with Crippen LogP contribution in [0.2, 0.25) is 0 Å². The molecule has 23 heavy (non-hydrogen) atoms. The standard InChI is InChI=1S/C18H10N4O/c19-9-15(10-20)13-1-5-17(6-2-13)23-18-7-3-14(4-8-18)16(11-21)12-22/h1-8,15-16H. The molecule has 0 aliphatic rings. The van der Waals surface area contributed by atoms with Gasteiger partial charge in [0.25, 0.3) is 0 Å². The molecule has 2 aromatic rings. The van der Waals surface area contributed by atoms with Gasteiger partial charge in [-0.3, -0.25) is 0 Å². The average Bonchev–Trinajstić information content (AvgIpc) is 2.60. The normalized spacial score (nSPS) is 9.48. The molecule has 2 aromatic carbocycles. The van der Waals surface area contributed by atoms with Crippen LogP contribution in [0.5, 0.6) is 11.5 Å². The molecule has 0 N–H and O–H groups in total. The summed E-state index contributed by atoms with van der Waals surface area (Å²) in [7, 11) is 0.